The molecule has 3 rings (SSSR count). The van der Waals surface area contributed by atoms with Gasteiger partial charge in [0.1, 0.15) is 0 Å². The van der Waals surface area contributed by atoms with E-state index in [2.05, 4.69) is 5.32 Å². The first-order chi connectivity index (χ1) is 10.6. The number of hydrogen-bond donors (Lipinski definition) is 1. The summed E-state index contributed by atoms with van der Waals surface area (Å²) in [5, 5.41) is 3.18. The fourth-order valence-electron chi connectivity index (χ4n) is 3.87. The predicted octanol–water partition coefficient (Wildman–Crippen LogP) is 1.78. The van der Waals surface area contributed by atoms with Crippen molar-refractivity contribution in [2.24, 2.45) is 11.8 Å². The maximum Gasteiger partial charge on any atom is 0.253 e. The number of hydrogen-bond acceptors (Lipinski definition) is 3. The summed E-state index contributed by atoms with van der Waals surface area (Å²) in [6.45, 7) is 0.502. The molecule has 0 aromatic carbocycles. The van der Waals surface area contributed by atoms with Crippen molar-refractivity contribution in [2.45, 2.75) is 57.4 Å². The lowest BCUT2D eigenvalue weighted by atomic mass is 9.81. The van der Waals surface area contributed by atoms with E-state index in [1.165, 1.54) is 29.9 Å². The average molecular weight is 304 g/mol. The van der Waals surface area contributed by atoms with Crippen molar-refractivity contribution in [3.8, 4) is 0 Å². The van der Waals surface area contributed by atoms with Gasteiger partial charge >= 0.3 is 0 Å². The quantitative estimate of drug-likeness (QED) is 0.805. The van der Waals surface area contributed by atoms with Crippen LogP contribution in [0.5, 0.6) is 0 Å². The minimum Gasteiger partial charge on any atom is -0.353 e. The van der Waals surface area contributed by atoms with E-state index in [0.29, 0.717) is 18.5 Å². The number of carbonyl (C=O) groups is 3. The molecule has 0 aromatic rings. The van der Waals surface area contributed by atoms with E-state index < -0.39 is 0 Å². The third-order valence-corrected chi connectivity index (χ3v) is 5.26. The summed E-state index contributed by atoms with van der Waals surface area (Å²) in [5.74, 6) is 0.251. The minimum atomic E-state index is -0.203. The highest BCUT2D eigenvalue weighted by atomic mass is 16.2. The highest BCUT2D eigenvalue weighted by Crippen LogP contribution is 2.30. The van der Waals surface area contributed by atoms with Gasteiger partial charge in [0.05, 0.1) is 0 Å². The van der Waals surface area contributed by atoms with Gasteiger partial charge in [-0.05, 0) is 44.4 Å². The van der Waals surface area contributed by atoms with Gasteiger partial charge in [-0.3, -0.25) is 19.3 Å². The van der Waals surface area contributed by atoms with E-state index in [9.17, 15) is 14.4 Å². The first-order valence-electron chi connectivity index (χ1n) is 8.47. The molecule has 2 aliphatic carbocycles. The molecule has 0 aromatic heterocycles. The molecular weight excluding hydrogens is 280 g/mol. The standard InChI is InChI=1S/C17H24N2O3/c20-15-9-10-16(21)19(15)11-12-5-7-13(8-6-12)17(22)18-14-3-1-2-4-14/h9-10,12-14H,1-8,11H2,(H,18,22). The molecule has 120 valence electrons. The Morgan fingerprint density at radius 3 is 2.18 bits per heavy atom. The SMILES string of the molecule is O=C(NC1CCCC1)C1CCC(CN2C(=O)C=CC2=O)CC1. The first-order valence-corrected chi connectivity index (χ1v) is 8.47. The van der Waals surface area contributed by atoms with Crippen LogP contribution < -0.4 is 5.32 Å². The lowest BCUT2D eigenvalue weighted by Crippen LogP contribution is -2.40. The molecule has 3 aliphatic rings. The van der Waals surface area contributed by atoms with Crippen LogP contribution in [0.25, 0.3) is 0 Å². The average Bonchev–Trinajstić information content (AvgIpc) is 3.13. The van der Waals surface area contributed by atoms with Crippen molar-refractivity contribution in [3.63, 3.8) is 0 Å². The Hall–Kier alpha value is -1.65. The highest BCUT2D eigenvalue weighted by Gasteiger charge is 2.31. The molecule has 0 atom stereocenters. The Morgan fingerprint density at radius 1 is 1.00 bits per heavy atom. The van der Waals surface area contributed by atoms with Crippen molar-refractivity contribution in [1.82, 2.24) is 10.2 Å². The van der Waals surface area contributed by atoms with Gasteiger partial charge in [-0.25, -0.2) is 0 Å². The van der Waals surface area contributed by atoms with E-state index in [1.54, 1.807) is 0 Å². The molecule has 3 amide bonds. The van der Waals surface area contributed by atoms with E-state index in [1.807, 2.05) is 0 Å². The van der Waals surface area contributed by atoms with Crippen molar-refractivity contribution >= 4 is 17.7 Å². The summed E-state index contributed by atoms with van der Waals surface area (Å²) in [6, 6.07) is 0.385. The maximum absolute atomic E-state index is 12.3. The second kappa shape index (κ2) is 6.63. The number of amides is 3. The Kier molecular flexibility index (Phi) is 4.60. The van der Waals surface area contributed by atoms with Crippen LogP contribution in [0.2, 0.25) is 0 Å². The van der Waals surface area contributed by atoms with Crippen molar-refractivity contribution in [2.75, 3.05) is 6.54 Å². The fourth-order valence-corrected chi connectivity index (χ4v) is 3.87. The zero-order valence-corrected chi connectivity index (χ0v) is 12.9. The second-order valence-electron chi connectivity index (χ2n) is 6.83. The van der Waals surface area contributed by atoms with Crippen LogP contribution in [0.4, 0.5) is 0 Å². The van der Waals surface area contributed by atoms with E-state index in [4.69, 9.17) is 0 Å². The number of carbonyl (C=O) groups excluding carboxylic acids is 3. The van der Waals surface area contributed by atoms with Crippen LogP contribution in [-0.2, 0) is 14.4 Å². The van der Waals surface area contributed by atoms with Gasteiger partial charge in [0, 0.05) is 30.7 Å². The van der Waals surface area contributed by atoms with E-state index in [-0.39, 0.29) is 23.6 Å². The molecule has 5 nitrogen and oxygen atoms in total. The molecule has 5 heteroatoms. The van der Waals surface area contributed by atoms with Gasteiger partial charge < -0.3 is 5.32 Å². The van der Waals surface area contributed by atoms with Crippen LogP contribution >= 0.6 is 0 Å². The number of imide groups is 1. The molecule has 0 saturated heterocycles. The Morgan fingerprint density at radius 2 is 1.59 bits per heavy atom. The van der Waals surface area contributed by atoms with Gasteiger partial charge in [0.2, 0.25) is 5.91 Å². The summed E-state index contributed by atoms with van der Waals surface area (Å²) in [4.78, 5) is 36.7. The lowest BCUT2D eigenvalue weighted by molar-refractivity contribution is -0.138. The summed E-state index contributed by atoms with van der Waals surface area (Å²) in [6.07, 6.45) is 10.9. The number of nitrogens with one attached hydrogen (secondary N) is 1. The molecule has 0 spiro atoms. The van der Waals surface area contributed by atoms with Crippen LogP contribution in [0.3, 0.4) is 0 Å². The van der Waals surface area contributed by atoms with Crippen LogP contribution in [0, 0.1) is 11.8 Å². The van der Waals surface area contributed by atoms with Gasteiger partial charge in [-0.2, -0.15) is 0 Å². The summed E-state index contributed by atoms with van der Waals surface area (Å²) >= 11 is 0. The lowest BCUT2D eigenvalue weighted by Gasteiger charge is -2.30. The van der Waals surface area contributed by atoms with Gasteiger partial charge in [0.15, 0.2) is 0 Å². The summed E-state index contributed by atoms with van der Waals surface area (Å²) < 4.78 is 0. The molecule has 0 radical (unpaired) electrons. The summed E-state index contributed by atoms with van der Waals surface area (Å²) in [7, 11) is 0. The Balaban J connectivity index is 1.43. The zero-order valence-electron chi connectivity index (χ0n) is 12.9. The molecule has 2 fully saturated rings. The highest BCUT2D eigenvalue weighted by molar-refractivity contribution is 6.12. The maximum atomic E-state index is 12.3. The summed E-state index contributed by atoms with van der Waals surface area (Å²) in [5.41, 5.74) is 0. The normalized spacial score (nSPS) is 29.4. The van der Waals surface area contributed by atoms with Gasteiger partial charge in [0.25, 0.3) is 11.8 Å². The molecule has 1 N–H and O–H groups in total. The van der Waals surface area contributed by atoms with Crippen LogP contribution in [-0.4, -0.2) is 35.2 Å². The van der Waals surface area contributed by atoms with Crippen molar-refractivity contribution in [1.29, 1.82) is 0 Å². The van der Waals surface area contributed by atoms with Gasteiger partial charge in [-0.1, -0.05) is 12.8 Å². The first kappa shape index (κ1) is 15.3. The third-order valence-electron chi connectivity index (χ3n) is 5.26. The second-order valence-corrected chi connectivity index (χ2v) is 6.83. The molecule has 0 unspecified atom stereocenters. The molecule has 1 heterocycles. The van der Waals surface area contributed by atoms with Crippen molar-refractivity contribution in [3.05, 3.63) is 12.2 Å². The minimum absolute atomic E-state index is 0.111. The predicted molar refractivity (Wildman–Crippen MR) is 81.7 cm³/mol. The molecule has 1 aliphatic heterocycles. The number of nitrogens with zero attached hydrogens (tertiary/aromatic N) is 1. The van der Waals surface area contributed by atoms with E-state index in [0.717, 1.165) is 38.5 Å². The van der Waals surface area contributed by atoms with Gasteiger partial charge in [-0.15, -0.1) is 0 Å². The fraction of sp³-hybridized carbons (Fsp3) is 0.706. The largest absolute Gasteiger partial charge is 0.353 e. The van der Waals surface area contributed by atoms with E-state index >= 15 is 0 Å². The molecule has 0 bridgehead atoms. The monoisotopic (exact) mass is 304 g/mol. The molecule has 2 saturated carbocycles. The Labute approximate surface area is 131 Å². The smallest absolute Gasteiger partial charge is 0.253 e. The third kappa shape index (κ3) is 3.39. The molecular formula is C17H24N2O3. The van der Waals surface area contributed by atoms with Crippen molar-refractivity contribution < 1.29 is 14.4 Å². The topological polar surface area (TPSA) is 66.5 Å². The van der Waals surface area contributed by atoms with Crippen LogP contribution in [0.1, 0.15) is 51.4 Å². The van der Waals surface area contributed by atoms with Crippen LogP contribution in [0.15, 0.2) is 12.2 Å². The Bertz CT molecular complexity index is 468. The number of rotatable bonds is 4. The molecule has 22 heavy (non-hydrogen) atoms. The zero-order chi connectivity index (χ0) is 15.5.